The number of carbonyl (C=O) groups excluding carboxylic acids is 2. The van der Waals surface area contributed by atoms with Crippen LogP contribution in [0, 0.1) is 0 Å². The molecule has 4 N–H and O–H groups in total. The number of carboxylic acids is 1. The van der Waals surface area contributed by atoms with Gasteiger partial charge < -0.3 is 25.2 Å². The lowest BCUT2D eigenvalue weighted by Crippen LogP contribution is -2.34. The lowest BCUT2D eigenvalue weighted by Gasteiger charge is -2.20. The molecule has 0 bridgehead atoms. The summed E-state index contributed by atoms with van der Waals surface area (Å²) in [7, 11) is -4.71. The molecule has 0 saturated carbocycles. The first kappa shape index (κ1) is 58.5. The molecule has 0 heterocycles. The third-order valence-corrected chi connectivity index (χ3v) is 12.3. The number of phosphoric acid groups is 1. The number of esters is 2. The van der Waals surface area contributed by atoms with Gasteiger partial charge >= 0.3 is 25.7 Å². The Morgan fingerprint density at radius 3 is 1.05 bits per heavy atom. The summed E-state index contributed by atoms with van der Waals surface area (Å²) in [5, 5.41) is 8.90. The van der Waals surface area contributed by atoms with Crippen LogP contribution >= 0.6 is 7.82 Å². The Balaban J connectivity index is 4.13. The largest absolute Gasteiger partial charge is 0.480 e. The van der Waals surface area contributed by atoms with E-state index in [2.05, 4.69) is 18.4 Å². The van der Waals surface area contributed by atoms with Gasteiger partial charge in [-0.25, -0.2) is 4.57 Å². The number of rotatable bonds is 48. The van der Waals surface area contributed by atoms with Crippen LogP contribution in [0.4, 0.5) is 0 Å². The summed E-state index contributed by atoms with van der Waals surface area (Å²) >= 11 is 0. The van der Waals surface area contributed by atoms with Gasteiger partial charge in [0, 0.05) is 12.8 Å². The monoisotopic (exact) mass is 876 g/mol. The molecule has 3 atom stereocenters. The average Bonchev–Trinajstić information content (AvgIpc) is 3.22. The number of aliphatic carboxylic acids is 1. The number of carbonyl (C=O) groups is 3. The van der Waals surface area contributed by atoms with Crippen molar-refractivity contribution in [2.24, 2.45) is 5.73 Å². The Kier molecular flexibility index (Phi) is 43.0. The van der Waals surface area contributed by atoms with E-state index >= 15 is 0 Å². The van der Waals surface area contributed by atoms with Crippen LogP contribution in [-0.2, 0) is 37.5 Å². The highest BCUT2D eigenvalue weighted by Crippen LogP contribution is 2.43. The molecule has 356 valence electrons. The van der Waals surface area contributed by atoms with Crippen molar-refractivity contribution in [1.29, 1.82) is 0 Å². The van der Waals surface area contributed by atoms with Crippen LogP contribution in [0.15, 0.2) is 0 Å². The van der Waals surface area contributed by atoms with Crippen LogP contribution in [0.2, 0.25) is 0 Å². The number of hydrogen-bond donors (Lipinski definition) is 3. The van der Waals surface area contributed by atoms with Crippen molar-refractivity contribution in [2.75, 3.05) is 19.8 Å². The molecule has 0 radical (unpaired) electrons. The molecule has 0 aliphatic carbocycles. The second-order valence-electron chi connectivity index (χ2n) is 17.3. The summed E-state index contributed by atoms with van der Waals surface area (Å²) in [5.74, 6) is -2.35. The molecule has 0 amide bonds. The molecular formula is C48H94NO10P. The van der Waals surface area contributed by atoms with Crippen LogP contribution in [-0.4, -0.2) is 59.9 Å². The molecule has 0 aliphatic rings. The number of nitrogens with two attached hydrogens (primary N) is 1. The highest BCUT2D eigenvalue weighted by molar-refractivity contribution is 7.47. The van der Waals surface area contributed by atoms with Gasteiger partial charge in [0.25, 0.3) is 0 Å². The Morgan fingerprint density at radius 2 is 0.733 bits per heavy atom. The van der Waals surface area contributed by atoms with E-state index in [0.29, 0.717) is 12.8 Å². The van der Waals surface area contributed by atoms with E-state index in [1.807, 2.05) is 0 Å². The summed E-state index contributed by atoms with van der Waals surface area (Å²) < 4.78 is 32.8. The van der Waals surface area contributed by atoms with Gasteiger partial charge in [-0.05, 0) is 12.8 Å². The van der Waals surface area contributed by atoms with Crippen molar-refractivity contribution < 1.29 is 47.5 Å². The maximum Gasteiger partial charge on any atom is 0.472 e. The van der Waals surface area contributed by atoms with Gasteiger partial charge in [0.05, 0.1) is 13.2 Å². The molecular weight excluding hydrogens is 781 g/mol. The molecule has 0 spiro atoms. The molecule has 0 aromatic rings. The highest BCUT2D eigenvalue weighted by atomic mass is 31.2. The normalized spacial score (nSPS) is 13.5. The zero-order valence-electron chi connectivity index (χ0n) is 38.8. The van der Waals surface area contributed by atoms with Crippen LogP contribution < -0.4 is 5.73 Å². The number of carboxylic acid groups (broad SMARTS) is 1. The van der Waals surface area contributed by atoms with E-state index < -0.39 is 51.1 Å². The molecule has 0 aromatic heterocycles. The molecule has 0 rings (SSSR count). The van der Waals surface area contributed by atoms with Crippen molar-refractivity contribution in [1.82, 2.24) is 0 Å². The Morgan fingerprint density at radius 1 is 0.450 bits per heavy atom. The Hall–Kier alpha value is -1.52. The van der Waals surface area contributed by atoms with Gasteiger partial charge in [-0.15, -0.1) is 0 Å². The van der Waals surface area contributed by atoms with Crippen LogP contribution in [0.1, 0.15) is 258 Å². The van der Waals surface area contributed by atoms with E-state index in [9.17, 15) is 23.8 Å². The van der Waals surface area contributed by atoms with Gasteiger partial charge in [-0.3, -0.25) is 23.4 Å². The van der Waals surface area contributed by atoms with Gasteiger partial charge in [-0.2, -0.15) is 0 Å². The van der Waals surface area contributed by atoms with Crippen molar-refractivity contribution in [3.8, 4) is 0 Å². The smallest absolute Gasteiger partial charge is 0.472 e. The quantitative estimate of drug-likeness (QED) is 0.0302. The second-order valence-corrected chi connectivity index (χ2v) is 18.8. The summed E-state index contributed by atoms with van der Waals surface area (Å²) in [6, 6.07) is -1.52. The van der Waals surface area contributed by atoms with E-state index in [0.717, 1.165) is 38.5 Å². The SMILES string of the molecule is CCCCCCCCCCCCCCCCCCCCCCCCCC(=O)OC[C@@H](COP(=O)(O)OC[C@H](N)C(=O)O)OC(=O)CCCCCCCCCCCCCCC. The summed E-state index contributed by atoms with van der Waals surface area (Å²) in [4.78, 5) is 46.1. The second kappa shape index (κ2) is 44.1. The zero-order valence-corrected chi connectivity index (χ0v) is 39.7. The fraction of sp³-hybridized carbons (Fsp3) is 0.938. The predicted octanol–water partition coefficient (Wildman–Crippen LogP) is 13.9. The number of unbranched alkanes of at least 4 members (excludes halogenated alkanes) is 34. The lowest BCUT2D eigenvalue weighted by atomic mass is 10.0. The van der Waals surface area contributed by atoms with Crippen molar-refractivity contribution in [2.45, 2.75) is 270 Å². The first-order chi connectivity index (χ1) is 29.1. The minimum atomic E-state index is -4.71. The molecule has 11 nitrogen and oxygen atoms in total. The van der Waals surface area contributed by atoms with Gasteiger partial charge in [0.2, 0.25) is 0 Å². The summed E-state index contributed by atoms with van der Waals surface area (Å²) in [5.41, 5.74) is 5.34. The maximum atomic E-state index is 12.6. The highest BCUT2D eigenvalue weighted by Gasteiger charge is 2.28. The fourth-order valence-electron chi connectivity index (χ4n) is 7.42. The predicted molar refractivity (Wildman–Crippen MR) is 245 cm³/mol. The molecule has 0 aliphatic heterocycles. The summed E-state index contributed by atoms with van der Waals surface area (Å²) in [6.45, 7) is 2.85. The Bertz CT molecular complexity index is 1030. The molecule has 0 aromatic carbocycles. The summed E-state index contributed by atoms with van der Waals surface area (Å²) in [6.07, 6.45) is 44.6. The zero-order chi connectivity index (χ0) is 44.2. The minimum absolute atomic E-state index is 0.169. The molecule has 0 saturated heterocycles. The molecule has 1 unspecified atom stereocenters. The molecule has 0 fully saturated rings. The van der Waals surface area contributed by atoms with E-state index in [4.69, 9.17) is 24.8 Å². The van der Waals surface area contributed by atoms with Gasteiger partial charge in [0.1, 0.15) is 12.6 Å². The first-order valence-electron chi connectivity index (χ1n) is 25.1. The van der Waals surface area contributed by atoms with Gasteiger partial charge in [0.15, 0.2) is 6.10 Å². The van der Waals surface area contributed by atoms with Crippen molar-refractivity contribution in [3.63, 3.8) is 0 Å². The fourth-order valence-corrected chi connectivity index (χ4v) is 8.20. The van der Waals surface area contributed by atoms with Crippen molar-refractivity contribution >= 4 is 25.7 Å². The minimum Gasteiger partial charge on any atom is -0.480 e. The van der Waals surface area contributed by atoms with Gasteiger partial charge in [-0.1, -0.05) is 232 Å². The number of hydrogen-bond acceptors (Lipinski definition) is 9. The number of phosphoric ester groups is 1. The first-order valence-corrected chi connectivity index (χ1v) is 26.6. The third-order valence-electron chi connectivity index (χ3n) is 11.4. The van der Waals surface area contributed by atoms with Crippen LogP contribution in [0.5, 0.6) is 0 Å². The molecule has 60 heavy (non-hydrogen) atoms. The average molecular weight is 876 g/mol. The topological polar surface area (TPSA) is 172 Å². The van der Waals surface area contributed by atoms with Crippen molar-refractivity contribution in [3.05, 3.63) is 0 Å². The van der Waals surface area contributed by atoms with Crippen LogP contribution in [0.25, 0.3) is 0 Å². The third kappa shape index (κ3) is 43.1. The standard InChI is InChI=1S/C48H94NO10P/c1-3-5-7-9-11-13-15-17-18-19-20-21-22-23-24-25-26-28-29-31-33-35-37-39-46(50)56-41-44(42-57-60(54,55)58-43-45(49)48(52)53)59-47(51)40-38-36-34-32-30-27-16-14-12-10-8-6-4-2/h44-45H,3-43,49H2,1-2H3,(H,52,53)(H,54,55)/t44-,45-/m0/s1. The number of ether oxygens (including phenoxy) is 2. The van der Waals surface area contributed by atoms with E-state index in [1.165, 1.54) is 180 Å². The van der Waals surface area contributed by atoms with Crippen LogP contribution in [0.3, 0.4) is 0 Å². The maximum absolute atomic E-state index is 12.6. The van der Waals surface area contributed by atoms with E-state index in [1.54, 1.807) is 0 Å². The molecule has 12 heteroatoms. The van der Waals surface area contributed by atoms with E-state index in [-0.39, 0.29) is 19.4 Å². The Labute approximate surface area is 367 Å². The lowest BCUT2D eigenvalue weighted by molar-refractivity contribution is -0.161.